The molecule has 4 aromatic rings. The molecule has 5 rings (SSSR count). The Balaban J connectivity index is 0.00000171. The fraction of sp³-hybridized carbons (Fsp3) is 0.200. The molecule has 0 amide bonds. The van der Waals surface area contributed by atoms with Gasteiger partial charge in [0.2, 0.25) is 5.88 Å². The van der Waals surface area contributed by atoms with Crippen LogP contribution in [0, 0.1) is 11.3 Å². The van der Waals surface area contributed by atoms with Crippen LogP contribution < -0.4 is 15.4 Å². The van der Waals surface area contributed by atoms with E-state index in [4.69, 9.17) is 10.00 Å². The normalized spacial score (nSPS) is 14.7. The fourth-order valence-corrected chi connectivity index (χ4v) is 3.98. The summed E-state index contributed by atoms with van der Waals surface area (Å²) in [5.74, 6) is 0.581. The molecular formula is C25H25Cl2N7O. The Labute approximate surface area is 216 Å². The van der Waals surface area contributed by atoms with Crippen molar-refractivity contribution in [1.29, 1.82) is 5.26 Å². The maximum Gasteiger partial charge on any atom is 0.237 e. The van der Waals surface area contributed by atoms with Gasteiger partial charge in [0.1, 0.15) is 6.10 Å². The van der Waals surface area contributed by atoms with Crippen molar-refractivity contribution in [2.75, 3.05) is 18.4 Å². The van der Waals surface area contributed by atoms with Crippen molar-refractivity contribution in [1.82, 2.24) is 25.7 Å². The van der Waals surface area contributed by atoms with E-state index in [1.54, 1.807) is 12.4 Å². The van der Waals surface area contributed by atoms with Crippen LogP contribution in [0.3, 0.4) is 0 Å². The molecule has 2 aromatic carbocycles. The van der Waals surface area contributed by atoms with Crippen molar-refractivity contribution in [2.24, 2.45) is 0 Å². The van der Waals surface area contributed by atoms with Crippen molar-refractivity contribution in [3.63, 3.8) is 0 Å². The number of ether oxygens (including phenoxy) is 1. The van der Waals surface area contributed by atoms with Gasteiger partial charge in [0.05, 0.1) is 41.8 Å². The van der Waals surface area contributed by atoms with Crippen molar-refractivity contribution in [2.45, 2.75) is 18.6 Å². The zero-order chi connectivity index (χ0) is 22.5. The molecule has 10 heteroatoms. The van der Waals surface area contributed by atoms with Crippen LogP contribution in [-0.4, -0.2) is 39.6 Å². The lowest BCUT2D eigenvalue weighted by Crippen LogP contribution is -2.43. The summed E-state index contributed by atoms with van der Waals surface area (Å²) >= 11 is 0. The lowest BCUT2D eigenvalue weighted by Gasteiger charge is -2.33. The van der Waals surface area contributed by atoms with Gasteiger partial charge in [-0.15, -0.1) is 29.9 Å². The lowest BCUT2D eigenvalue weighted by molar-refractivity contribution is 0.150. The van der Waals surface area contributed by atoms with Crippen molar-refractivity contribution < 1.29 is 4.74 Å². The summed E-state index contributed by atoms with van der Waals surface area (Å²) in [6, 6.07) is 22.2. The molecule has 0 aliphatic carbocycles. The molecule has 1 aliphatic heterocycles. The van der Waals surface area contributed by atoms with Gasteiger partial charge in [-0.2, -0.15) is 5.26 Å². The number of hydrogen-bond donors (Lipinski definition) is 3. The first-order chi connectivity index (χ1) is 16.3. The molecule has 3 heterocycles. The maximum absolute atomic E-state index is 8.99. The van der Waals surface area contributed by atoms with Gasteiger partial charge in [-0.3, -0.25) is 5.10 Å². The van der Waals surface area contributed by atoms with Gasteiger partial charge in [-0.1, -0.05) is 47.7 Å². The van der Waals surface area contributed by atoms with Gasteiger partial charge < -0.3 is 15.4 Å². The molecule has 0 spiro atoms. The van der Waals surface area contributed by atoms with E-state index in [9.17, 15) is 0 Å². The average molecular weight is 510 g/mol. The van der Waals surface area contributed by atoms with Crippen LogP contribution in [0.5, 0.6) is 5.88 Å². The van der Waals surface area contributed by atoms with Crippen LogP contribution in [0.4, 0.5) is 5.69 Å². The summed E-state index contributed by atoms with van der Waals surface area (Å²) in [5.41, 5.74) is 5.57. The molecule has 2 aromatic heterocycles. The van der Waals surface area contributed by atoms with Crippen LogP contribution in [-0.2, 0) is 6.42 Å². The van der Waals surface area contributed by atoms with Gasteiger partial charge in [-0.05, 0) is 42.3 Å². The van der Waals surface area contributed by atoms with Gasteiger partial charge in [0.25, 0.3) is 0 Å². The summed E-state index contributed by atoms with van der Waals surface area (Å²) in [6.45, 7) is 1.42. The van der Waals surface area contributed by atoms with Crippen molar-refractivity contribution >= 4 is 30.5 Å². The largest absolute Gasteiger partial charge is 0.469 e. The number of nitrogens with zero attached hydrogens (tertiary/aromatic N) is 4. The Morgan fingerprint density at radius 2 is 1.89 bits per heavy atom. The molecule has 0 saturated heterocycles. The number of benzene rings is 2. The minimum atomic E-state index is -0.131. The van der Waals surface area contributed by atoms with Gasteiger partial charge >= 0.3 is 0 Å². The molecular weight excluding hydrogens is 485 g/mol. The van der Waals surface area contributed by atoms with Crippen LogP contribution in [0.15, 0.2) is 73.1 Å². The SMILES string of the molecule is Cl.Cl.N#Cc1ccc(CCN[C@H](c2ccccc2)[C@@H]2CNc3cc(-c4cnn[nH]4)cnc3O2)cc1. The molecule has 180 valence electrons. The third kappa shape index (κ3) is 6.08. The molecule has 1 aliphatic rings. The summed E-state index contributed by atoms with van der Waals surface area (Å²) in [4.78, 5) is 4.53. The Kier molecular flexibility index (Phi) is 9.04. The van der Waals surface area contributed by atoms with Crippen molar-refractivity contribution in [3.05, 3.63) is 89.7 Å². The first-order valence-electron chi connectivity index (χ1n) is 10.8. The van der Waals surface area contributed by atoms with E-state index in [1.165, 1.54) is 5.56 Å². The second kappa shape index (κ2) is 12.2. The number of pyridine rings is 1. The molecule has 3 N–H and O–H groups in total. The minimum absolute atomic E-state index is 0. The molecule has 0 radical (unpaired) electrons. The molecule has 0 unspecified atom stereocenters. The number of aromatic nitrogens is 4. The van der Waals surface area contributed by atoms with E-state index in [1.807, 2.05) is 48.5 Å². The first kappa shape index (κ1) is 26.0. The summed E-state index contributed by atoms with van der Waals surface area (Å²) in [7, 11) is 0. The number of hydrogen-bond acceptors (Lipinski definition) is 7. The highest BCUT2D eigenvalue weighted by Crippen LogP contribution is 2.33. The average Bonchev–Trinajstić information content (AvgIpc) is 3.42. The molecule has 2 atom stereocenters. The summed E-state index contributed by atoms with van der Waals surface area (Å²) < 4.78 is 6.34. The predicted molar refractivity (Wildman–Crippen MR) is 139 cm³/mol. The second-order valence-corrected chi connectivity index (χ2v) is 7.89. The van der Waals surface area contributed by atoms with Crippen LogP contribution in [0.2, 0.25) is 0 Å². The monoisotopic (exact) mass is 509 g/mol. The number of halogens is 2. The van der Waals surface area contributed by atoms with Gasteiger partial charge in [-0.25, -0.2) is 4.98 Å². The lowest BCUT2D eigenvalue weighted by atomic mass is 9.99. The molecule has 0 saturated carbocycles. The zero-order valence-corrected chi connectivity index (χ0v) is 20.4. The number of nitrogens with one attached hydrogen (secondary N) is 3. The second-order valence-electron chi connectivity index (χ2n) is 7.89. The Bertz CT molecular complexity index is 1250. The summed E-state index contributed by atoms with van der Waals surface area (Å²) in [6.07, 6.45) is 4.14. The third-order valence-corrected chi connectivity index (χ3v) is 5.73. The van der Waals surface area contributed by atoms with Gasteiger partial charge in [0, 0.05) is 11.8 Å². The first-order valence-corrected chi connectivity index (χ1v) is 10.8. The quantitative estimate of drug-likeness (QED) is 0.339. The molecule has 8 nitrogen and oxygen atoms in total. The smallest absolute Gasteiger partial charge is 0.237 e. The standard InChI is InChI=1S/C25H23N7O.2ClH/c26-13-18-8-6-17(7-9-18)10-11-27-24(19-4-2-1-3-5-19)23-16-28-21-12-20(14-29-25(21)33-23)22-15-30-32-31-22;;/h1-9,12,14-15,23-24,27-28H,10-11,16H2,(H,30,31,32);2*1H/t23-,24+;;/m0../s1. The van der Waals surface area contributed by atoms with Gasteiger partial charge in [0.15, 0.2) is 0 Å². The van der Waals surface area contributed by atoms with E-state index < -0.39 is 0 Å². The number of anilines is 1. The van der Waals surface area contributed by atoms with Crippen LogP contribution in [0.25, 0.3) is 11.3 Å². The fourth-order valence-electron chi connectivity index (χ4n) is 3.98. The highest BCUT2D eigenvalue weighted by molar-refractivity contribution is 5.85. The highest BCUT2D eigenvalue weighted by atomic mass is 35.5. The number of nitriles is 1. The van der Waals surface area contributed by atoms with E-state index >= 15 is 0 Å². The van der Waals surface area contributed by atoms with E-state index in [2.05, 4.69) is 49.2 Å². The third-order valence-electron chi connectivity index (χ3n) is 5.73. The highest BCUT2D eigenvalue weighted by Gasteiger charge is 2.29. The molecule has 0 bridgehead atoms. The van der Waals surface area contributed by atoms with Crippen LogP contribution >= 0.6 is 24.8 Å². The topological polar surface area (TPSA) is 112 Å². The van der Waals surface area contributed by atoms with E-state index in [0.29, 0.717) is 18.0 Å². The van der Waals surface area contributed by atoms with E-state index in [0.717, 1.165) is 35.5 Å². The van der Waals surface area contributed by atoms with Crippen LogP contribution in [0.1, 0.15) is 22.7 Å². The Morgan fingerprint density at radius 1 is 1.09 bits per heavy atom. The van der Waals surface area contributed by atoms with E-state index in [-0.39, 0.29) is 37.0 Å². The Morgan fingerprint density at radius 3 is 2.60 bits per heavy atom. The number of fused-ring (bicyclic) bond motifs is 1. The molecule has 35 heavy (non-hydrogen) atoms. The predicted octanol–water partition coefficient (Wildman–Crippen LogP) is 4.33. The maximum atomic E-state index is 8.99. The number of H-pyrrole nitrogens is 1. The zero-order valence-electron chi connectivity index (χ0n) is 18.7. The molecule has 0 fully saturated rings. The van der Waals surface area contributed by atoms with Crippen molar-refractivity contribution in [3.8, 4) is 23.2 Å². The number of aromatic amines is 1. The number of rotatable bonds is 7. The minimum Gasteiger partial charge on any atom is -0.469 e. The summed E-state index contributed by atoms with van der Waals surface area (Å²) in [5, 5.41) is 26.6. The Hall–Kier alpha value is -3.64.